The van der Waals surface area contributed by atoms with Crippen molar-refractivity contribution in [1.82, 2.24) is 29.8 Å². The van der Waals surface area contributed by atoms with Crippen LogP contribution in [0.4, 0.5) is 0 Å². The van der Waals surface area contributed by atoms with Gasteiger partial charge in [0.05, 0.1) is 24.1 Å². The zero-order chi connectivity index (χ0) is 18.3. The van der Waals surface area contributed by atoms with Crippen LogP contribution >= 0.6 is 0 Å². The van der Waals surface area contributed by atoms with Gasteiger partial charge in [-0.3, -0.25) is 19.5 Å². The van der Waals surface area contributed by atoms with E-state index in [4.69, 9.17) is 4.74 Å². The van der Waals surface area contributed by atoms with Gasteiger partial charge in [-0.1, -0.05) is 0 Å². The zero-order valence-electron chi connectivity index (χ0n) is 15.6. The van der Waals surface area contributed by atoms with Gasteiger partial charge in [-0.15, -0.1) is 0 Å². The number of fused-ring (bicyclic) bond motifs is 1. The Bertz CT molecular complexity index is 776. The van der Waals surface area contributed by atoms with E-state index < -0.39 is 0 Å². The summed E-state index contributed by atoms with van der Waals surface area (Å²) in [4.78, 5) is 17.5. The molecular weight excluding hydrogens is 332 g/mol. The number of nitrogens with one attached hydrogen (secondary N) is 1. The van der Waals surface area contributed by atoms with E-state index in [2.05, 4.69) is 27.1 Å². The van der Waals surface area contributed by atoms with Crippen molar-refractivity contribution in [3.05, 3.63) is 34.9 Å². The van der Waals surface area contributed by atoms with Crippen LogP contribution in [0.2, 0.25) is 0 Å². The average Bonchev–Trinajstić information content (AvgIpc) is 3.22. The third-order valence-electron chi connectivity index (χ3n) is 5.31. The molecule has 2 atom stereocenters. The SMILES string of the molecule is C[C@@H]1Cc2c(nn(C)c2C(=O)N2CCN(Cc3cn[nH]c3)CC2)[C@H](C)O1. The van der Waals surface area contributed by atoms with Crippen LogP contribution in [0.3, 0.4) is 0 Å². The predicted octanol–water partition coefficient (Wildman–Crippen LogP) is 1.12. The normalized spacial score (nSPS) is 23.9. The molecule has 1 amide bonds. The first-order valence-electron chi connectivity index (χ1n) is 9.23. The second kappa shape index (κ2) is 6.85. The van der Waals surface area contributed by atoms with Crippen LogP contribution in [0.25, 0.3) is 0 Å². The van der Waals surface area contributed by atoms with Gasteiger partial charge in [0, 0.05) is 63.5 Å². The summed E-state index contributed by atoms with van der Waals surface area (Å²) in [5, 5.41) is 11.4. The summed E-state index contributed by atoms with van der Waals surface area (Å²) in [6.45, 7) is 8.13. The summed E-state index contributed by atoms with van der Waals surface area (Å²) in [6.07, 6.45) is 4.57. The van der Waals surface area contributed by atoms with E-state index in [9.17, 15) is 4.79 Å². The summed E-state index contributed by atoms with van der Waals surface area (Å²) in [5.74, 6) is 0.0884. The van der Waals surface area contributed by atoms with Gasteiger partial charge in [-0.05, 0) is 13.8 Å². The van der Waals surface area contributed by atoms with Gasteiger partial charge >= 0.3 is 0 Å². The number of amides is 1. The van der Waals surface area contributed by atoms with Crippen molar-refractivity contribution in [2.24, 2.45) is 7.05 Å². The van der Waals surface area contributed by atoms with Crippen LogP contribution < -0.4 is 0 Å². The van der Waals surface area contributed by atoms with Crippen LogP contribution in [-0.4, -0.2) is 68.0 Å². The van der Waals surface area contributed by atoms with Crippen molar-refractivity contribution in [1.29, 1.82) is 0 Å². The molecule has 0 unspecified atom stereocenters. The van der Waals surface area contributed by atoms with Gasteiger partial charge in [0.2, 0.25) is 0 Å². The van der Waals surface area contributed by atoms with Crippen molar-refractivity contribution >= 4 is 5.91 Å². The fourth-order valence-corrected chi connectivity index (χ4v) is 4.01. The molecule has 140 valence electrons. The minimum absolute atomic E-state index is 0.0618. The molecule has 1 saturated heterocycles. The lowest BCUT2D eigenvalue weighted by Crippen LogP contribution is -2.48. The largest absolute Gasteiger partial charge is 0.369 e. The van der Waals surface area contributed by atoms with E-state index >= 15 is 0 Å². The Morgan fingerprint density at radius 2 is 2.08 bits per heavy atom. The van der Waals surface area contributed by atoms with E-state index in [1.54, 1.807) is 4.68 Å². The Labute approximate surface area is 153 Å². The molecule has 2 aromatic rings. The third kappa shape index (κ3) is 3.14. The van der Waals surface area contributed by atoms with Crippen molar-refractivity contribution in [2.75, 3.05) is 26.2 Å². The molecule has 2 aromatic heterocycles. The minimum Gasteiger partial charge on any atom is -0.369 e. The summed E-state index contributed by atoms with van der Waals surface area (Å²) in [5.41, 5.74) is 3.87. The topological polar surface area (TPSA) is 79.3 Å². The molecule has 0 aromatic carbocycles. The highest BCUT2D eigenvalue weighted by Gasteiger charge is 2.33. The second-order valence-electron chi connectivity index (χ2n) is 7.30. The Hall–Kier alpha value is -2.19. The lowest BCUT2D eigenvalue weighted by Gasteiger charge is -2.34. The lowest BCUT2D eigenvalue weighted by molar-refractivity contribution is -0.00716. The van der Waals surface area contributed by atoms with E-state index in [-0.39, 0.29) is 18.1 Å². The number of carbonyl (C=O) groups excluding carboxylic acids is 1. The van der Waals surface area contributed by atoms with Crippen molar-refractivity contribution in [3.8, 4) is 0 Å². The van der Waals surface area contributed by atoms with Gasteiger partial charge in [-0.2, -0.15) is 10.2 Å². The monoisotopic (exact) mass is 358 g/mol. The van der Waals surface area contributed by atoms with Crippen LogP contribution in [0, 0.1) is 0 Å². The molecule has 0 aliphatic carbocycles. The number of nitrogens with zero attached hydrogens (tertiary/aromatic N) is 5. The fourth-order valence-electron chi connectivity index (χ4n) is 4.01. The third-order valence-corrected chi connectivity index (χ3v) is 5.31. The maximum Gasteiger partial charge on any atom is 0.272 e. The number of aryl methyl sites for hydroxylation is 1. The summed E-state index contributed by atoms with van der Waals surface area (Å²) >= 11 is 0. The number of carbonyl (C=O) groups is 1. The average molecular weight is 358 g/mol. The summed E-state index contributed by atoms with van der Waals surface area (Å²) in [7, 11) is 1.86. The first-order valence-corrected chi connectivity index (χ1v) is 9.23. The first-order chi connectivity index (χ1) is 12.5. The minimum atomic E-state index is -0.0618. The summed E-state index contributed by atoms with van der Waals surface area (Å²) in [6, 6.07) is 0. The number of rotatable bonds is 3. The highest BCUT2D eigenvalue weighted by atomic mass is 16.5. The molecule has 0 radical (unpaired) electrons. The van der Waals surface area contributed by atoms with E-state index in [1.165, 1.54) is 5.56 Å². The van der Waals surface area contributed by atoms with Crippen molar-refractivity contribution in [2.45, 2.75) is 39.0 Å². The van der Waals surface area contributed by atoms with E-state index in [0.29, 0.717) is 0 Å². The molecule has 4 heterocycles. The van der Waals surface area contributed by atoms with Crippen LogP contribution in [-0.2, 0) is 24.8 Å². The molecule has 0 saturated carbocycles. The van der Waals surface area contributed by atoms with Crippen molar-refractivity contribution in [3.63, 3.8) is 0 Å². The standard InChI is InChI=1S/C18H26N6O2/c1-12-8-15-16(13(2)26-12)21-22(3)17(15)18(25)24-6-4-23(5-7-24)11-14-9-19-20-10-14/h9-10,12-13H,4-8,11H2,1-3H3,(H,19,20)/t12-,13+/m1/s1. The Kier molecular flexibility index (Phi) is 4.54. The maximum atomic E-state index is 13.2. The molecule has 0 spiro atoms. The number of aromatic nitrogens is 4. The van der Waals surface area contributed by atoms with Gasteiger partial charge in [-0.25, -0.2) is 0 Å². The van der Waals surface area contributed by atoms with E-state index in [1.807, 2.05) is 31.3 Å². The van der Waals surface area contributed by atoms with Gasteiger partial charge in [0.1, 0.15) is 5.69 Å². The Morgan fingerprint density at radius 3 is 2.77 bits per heavy atom. The molecule has 1 fully saturated rings. The first kappa shape index (κ1) is 17.2. The smallest absolute Gasteiger partial charge is 0.272 e. The molecule has 4 rings (SSSR count). The number of H-pyrrole nitrogens is 1. The number of hydrogen-bond donors (Lipinski definition) is 1. The van der Waals surface area contributed by atoms with Gasteiger partial charge < -0.3 is 9.64 Å². The summed E-state index contributed by atoms with van der Waals surface area (Å²) < 4.78 is 7.59. The quantitative estimate of drug-likeness (QED) is 0.890. The van der Waals surface area contributed by atoms with Crippen LogP contribution in [0.15, 0.2) is 12.4 Å². The predicted molar refractivity (Wildman–Crippen MR) is 95.6 cm³/mol. The molecule has 8 heteroatoms. The maximum absolute atomic E-state index is 13.2. The molecule has 2 aliphatic heterocycles. The molecular formula is C18H26N6O2. The molecule has 2 aliphatic rings. The highest BCUT2D eigenvalue weighted by Crippen LogP contribution is 2.31. The molecule has 1 N–H and O–H groups in total. The van der Waals surface area contributed by atoms with Gasteiger partial charge in [0.15, 0.2) is 0 Å². The lowest BCUT2D eigenvalue weighted by atomic mass is 9.99. The molecule has 8 nitrogen and oxygen atoms in total. The van der Waals surface area contributed by atoms with E-state index in [0.717, 1.165) is 56.1 Å². The number of hydrogen-bond acceptors (Lipinski definition) is 5. The van der Waals surface area contributed by atoms with Crippen LogP contribution in [0.1, 0.15) is 47.3 Å². The Balaban J connectivity index is 1.46. The second-order valence-corrected chi connectivity index (χ2v) is 7.30. The number of aromatic amines is 1. The Morgan fingerprint density at radius 1 is 1.31 bits per heavy atom. The van der Waals surface area contributed by atoms with Crippen molar-refractivity contribution < 1.29 is 9.53 Å². The molecule has 0 bridgehead atoms. The number of ether oxygens (including phenoxy) is 1. The highest BCUT2D eigenvalue weighted by molar-refractivity contribution is 5.94. The van der Waals surface area contributed by atoms with Crippen LogP contribution in [0.5, 0.6) is 0 Å². The zero-order valence-corrected chi connectivity index (χ0v) is 15.6. The number of piperazine rings is 1. The fraction of sp³-hybridized carbons (Fsp3) is 0.611. The molecule has 26 heavy (non-hydrogen) atoms. The van der Waals surface area contributed by atoms with Gasteiger partial charge in [0.25, 0.3) is 5.91 Å².